The van der Waals surface area contributed by atoms with Gasteiger partial charge in [-0.05, 0) is 55.5 Å². The summed E-state index contributed by atoms with van der Waals surface area (Å²) < 4.78 is 5.82. The highest BCUT2D eigenvalue weighted by Crippen LogP contribution is 2.24. The molecule has 174 valence electrons. The van der Waals surface area contributed by atoms with Crippen LogP contribution in [0.2, 0.25) is 10.0 Å². The molecule has 0 aliphatic heterocycles. The molecule has 0 spiro atoms. The number of ether oxygens (including phenoxy) is 1. The molecule has 32 heavy (non-hydrogen) atoms. The summed E-state index contributed by atoms with van der Waals surface area (Å²) in [6, 6.07) is 10.3. The molecule has 2 rings (SSSR count). The standard InChI is InChI=1S/C25H32Cl2N2O3/c1-6-22(25(31)28-13-16(2)3)29(14-19-8-9-20(26)12-21(19)27)24(30)15-32-23-10-7-17(4)11-18(23)5/h7-12,16,22H,6,13-15H2,1-5H3,(H,28,31). The Kier molecular flexibility index (Phi) is 9.85. The quantitative estimate of drug-likeness (QED) is 0.485. The number of carbonyl (C=O) groups excluding carboxylic acids is 2. The summed E-state index contributed by atoms with van der Waals surface area (Å²) >= 11 is 12.4. The summed E-state index contributed by atoms with van der Waals surface area (Å²) in [5, 5.41) is 3.90. The largest absolute Gasteiger partial charge is 0.483 e. The molecule has 1 atom stereocenters. The summed E-state index contributed by atoms with van der Waals surface area (Å²) in [7, 11) is 0. The Bertz CT molecular complexity index is 947. The molecule has 0 radical (unpaired) electrons. The highest BCUT2D eigenvalue weighted by molar-refractivity contribution is 6.35. The topological polar surface area (TPSA) is 58.6 Å². The Morgan fingerprint density at radius 3 is 2.41 bits per heavy atom. The minimum absolute atomic E-state index is 0.178. The molecular formula is C25H32Cl2N2O3. The number of nitrogens with zero attached hydrogens (tertiary/aromatic N) is 1. The van der Waals surface area contributed by atoms with E-state index in [1.165, 1.54) is 4.90 Å². The molecule has 7 heteroatoms. The van der Waals surface area contributed by atoms with Crippen molar-refractivity contribution in [2.75, 3.05) is 13.2 Å². The molecule has 1 unspecified atom stereocenters. The lowest BCUT2D eigenvalue weighted by Gasteiger charge is -2.31. The zero-order valence-electron chi connectivity index (χ0n) is 19.4. The van der Waals surface area contributed by atoms with Crippen LogP contribution >= 0.6 is 23.2 Å². The highest BCUT2D eigenvalue weighted by atomic mass is 35.5. The zero-order chi connectivity index (χ0) is 23.8. The molecule has 0 aliphatic carbocycles. The number of carbonyl (C=O) groups is 2. The van der Waals surface area contributed by atoms with Gasteiger partial charge >= 0.3 is 0 Å². The first kappa shape index (κ1) is 26.0. The van der Waals surface area contributed by atoms with Gasteiger partial charge in [0.25, 0.3) is 5.91 Å². The fraction of sp³-hybridized carbons (Fsp3) is 0.440. The molecule has 2 aromatic rings. The number of benzene rings is 2. The van der Waals surface area contributed by atoms with Gasteiger partial charge in [0, 0.05) is 23.1 Å². The van der Waals surface area contributed by atoms with Crippen molar-refractivity contribution in [1.82, 2.24) is 10.2 Å². The second-order valence-corrected chi connectivity index (χ2v) is 9.22. The average Bonchev–Trinajstić information content (AvgIpc) is 2.72. The first-order valence-electron chi connectivity index (χ1n) is 10.8. The summed E-state index contributed by atoms with van der Waals surface area (Å²) in [5.74, 6) is 0.471. The van der Waals surface area contributed by atoms with E-state index in [0.29, 0.717) is 40.2 Å². The van der Waals surface area contributed by atoms with E-state index >= 15 is 0 Å². The number of aryl methyl sites for hydroxylation is 2. The van der Waals surface area contributed by atoms with Gasteiger partial charge in [0.15, 0.2) is 6.61 Å². The van der Waals surface area contributed by atoms with Crippen LogP contribution in [0.4, 0.5) is 0 Å². The van der Waals surface area contributed by atoms with Gasteiger partial charge in [0.1, 0.15) is 11.8 Å². The second-order valence-electron chi connectivity index (χ2n) is 8.38. The number of rotatable bonds is 10. The zero-order valence-corrected chi connectivity index (χ0v) is 20.9. The van der Waals surface area contributed by atoms with Crippen molar-refractivity contribution in [2.24, 2.45) is 5.92 Å². The average molecular weight is 479 g/mol. The Morgan fingerprint density at radius 1 is 1.09 bits per heavy atom. The number of nitrogens with one attached hydrogen (secondary N) is 1. The number of hydrogen-bond acceptors (Lipinski definition) is 3. The Balaban J connectivity index is 2.26. The van der Waals surface area contributed by atoms with Crippen molar-refractivity contribution in [1.29, 1.82) is 0 Å². The molecule has 0 heterocycles. The molecule has 0 bridgehead atoms. The molecule has 0 saturated heterocycles. The van der Waals surface area contributed by atoms with Crippen LogP contribution in [0, 0.1) is 19.8 Å². The summed E-state index contributed by atoms with van der Waals surface area (Å²) in [6.45, 7) is 10.4. The molecule has 2 amide bonds. The monoisotopic (exact) mass is 478 g/mol. The Labute approximate surface area is 201 Å². The predicted octanol–water partition coefficient (Wildman–Crippen LogP) is 5.57. The SMILES string of the molecule is CCC(C(=O)NCC(C)C)N(Cc1ccc(Cl)cc1Cl)C(=O)COc1ccc(C)cc1C. The van der Waals surface area contributed by atoms with Gasteiger partial charge in [-0.15, -0.1) is 0 Å². The maximum Gasteiger partial charge on any atom is 0.261 e. The van der Waals surface area contributed by atoms with E-state index in [9.17, 15) is 9.59 Å². The summed E-state index contributed by atoms with van der Waals surface area (Å²) in [6.07, 6.45) is 0.463. The molecule has 1 N–H and O–H groups in total. The normalized spacial score (nSPS) is 11.9. The second kappa shape index (κ2) is 12.1. The van der Waals surface area contributed by atoms with Crippen LogP contribution < -0.4 is 10.1 Å². The van der Waals surface area contributed by atoms with Crippen molar-refractivity contribution in [3.8, 4) is 5.75 Å². The van der Waals surface area contributed by atoms with E-state index in [-0.39, 0.29) is 25.0 Å². The molecule has 0 aromatic heterocycles. The third kappa shape index (κ3) is 7.42. The Hall–Kier alpha value is -2.24. The van der Waals surface area contributed by atoms with Crippen LogP contribution in [0.25, 0.3) is 0 Å². The van der Waals surface area contributed by atoms with E-state index in [4.69, 9.17) is 27.9 Å². The predicted molar refractivity (Wildman–Crippen MR) is 130 cm³/mol. The molecular weight excluding hydrogens is 447 g/mol. The smallest absolute Gasteiger partial charge is 0.261 e. The summed E-state index contributed by atoms with van der Waals surface area (Å²) in [4.78, 5) is 27.7. The van der Waals surface area contributed by atoms with Crippen molar-refractivity contribution in [3.05, 3.63) is 63.1 Å². The number of amides is 2. The van der Waals surface area contributed by atoms with Crippen molar-refractivity contribution >= 4 is 35.0 Å². The van der Waals surface area contributed by atoms with Crippen LogP contribution in [0.15, 0.2) is 36.4 Å². The highest BCUT2D eigenvalue weighted by Gasteiger charge is 2.29. The van der Waals surface area contributed by atoms with Gasteiger partial charge in [0.05, 0.1) is 0 Å². The minimum atomic E-state index is -0.643. The van der Waals surface area contributed by atoms with E-state index < -0.39 is 6.04 Å². The number of halogens is 2. The third-order valence-corrected chi connectivity index (χ3v) is 5.69. The van der Waals surface area contributed by atoms with Crippen LogP contribution in [-0.4, -0.2) is 35.9 Å². The maximum absolute atomic E-state index is 13.3. The molecule has 0 fully saturated rings. The van der Waals surface area contributed by atoms with Gasteiger partial charge in [-0.3, -0.25) is 9.59 Å². The lowest BCUT2D eigenvalue weighted by molar-refractivity contribution is -0.143. The summed E-state index contributed by atoms with van der Waals surface area (Å²) in [5.41, 5.74) is 2.78. The first-order chi connectivity index (χ1) is 15.1. The van der Waals surface area contributed by atoms with Crippen LogP contribution in [-0.2, 0) is 16.1 Å². The third-order valence-electron chi connectivity index (χ3n) is 5.11. The minimum Gasteiger partial charge on any atom is -0.483 e. The fourth-order valence-corrected chi connectivity index (χ4v) is 3.83. The van der Waals surface area contributed by atoms with Crippen molar-refractivity contribution < 1.29 is 14.3 Å². The Morgan fingerprint density at radius 2 is 1.81 bits per heavy atom. The maximum atomic E-state index is 13.3. The van der Waals surface area contributed by atoms with Crippen molar-refractivity contribution in [2.45, 2.75) is 53.6 Å². The van der Waals surface area contributed by atoms with Gasteiger partial charge < -0.3 is 15.0 Å². The molecule has 5 nitrogen and oxygen atoms in total. The van der Waals surface area contributed by atoms with Gasteiger partial charge in [-0.1, -0.05) is 67.7 Å². The molecule has 0 aliphatic rings. The van der Waals surface area contributed by atoms with E-state index in [0.717, 1.165) is 11.1 Å². The first-order valence-corrected chi connectivity index (χ1v) is 11.6. The van der Waals surface area contributed by atoms with E-state index in [1.807, 2.05) is 52.8 Å². The lowest BCUT2D eigenvalue weighted by atomic mass is 10.1. The van der Waals surface area contributed by atoms with Gasteiger partial charge in [-0.2, -0.15) is 0 Å². The fourth-order valence-electron chi connectivity index (χ4n) is 3.36. The van der Waals surface area contributed by atoms with Gasteiger partial charge in [-0.25, -0.2) is 0 Å². The van der Waals surface area contributed by atoms with E-state index in [1.54, 1.807) is 18.2 Å². The van der Waals surface area contributed by atoms with E-state index in [2.05, 4.69) is 5.32 Å². The molecule has 2 aromatic carbocycles. The lowest BCUT2D eigenvalue weighted by Crippen LogP contribution is -2.50. The molecule has 0 saturated carbocycles. The van der Waals surface area contributed by atoms with Crippen LogP contribution in [0.3, 0.4) is 0 Å². The van der Waals surface area contributed by atoms with Gasteiger partial charge in [0.2, 0.25) is 5.91 Å². The van der Waals surface area contributed by atoms with Crippen LogP contribution in [0.1, 0.15) is 43.9 Å². The number of hydrogen-bond donors (Lipinski definition) is 1. The van der Waals surface area contributed by atoms with Crippen LogP contribution in [0.5, 0.6) is 5.75 Å². The van der Waals surface area contributed by atoms with Crippen molar-refractivity contribution in [3.63, 3.8) is 0 Å².